The zero-order chi connectivity index (χ0) is 12.7. The standard InChI is InChI=1S/C12H17NO3S/c1-2-17-11-5-3-9(4-6-11)13-8-10(14)7-12(15)16/h3-6,10,13-14H,2,7-8H2,1H3,(H,15,16). The molecule has 5 heteroatoms. The molecule has 94 valence electrons. The summed E-state index contributed by atoms with van der Waals surface area (Å²) in [7, 11) is 0. The van der Waals surface area contributed by atoms with Crippen LogP contribution >= 0.6 is 11.8 Å². The molecule has 0 saturated carbocycles. The van der Waals surface area contributed by atoms with Crippen molar-refractivity contribution in [3.63, 3.8) is 0 Å². The summed E-state index contributed by atoms with van der Waals surface area (Å²) in [5.74, 6) is 0.0402. The lowest BCUT2D eigenvalue weighted by molar-refractivity contribution is -0.138. The van der Waals surface area contributed by atoms with E-state index in [1.165, 1.54) is 4.90 Å². The normalized spacial score (nSPS) is 12.1. The van der Waals surface area contributed by atoms with Crippen molar-refractivity contribution in [2.75, 3.05) is 17.6 Å². The molecule has 1 aromatic carbocycles. The van der Waals surface area contributed by atoms with Gasteiger partial charge < -0.3 is 15.5 Å². The Morgan fingerprint density at radius 2 is 2.06 bits per heavy atom. The Bertz CT molecular complexity index is 353. The predicted octanol–water partition coefficient (Wildman–Crippen LogP) is 2.05. The molecule has 17 heavy (non-hydrogen) atoms. The van der Waals surface area contributed by atoms with Crippen molar-refractivity contribution in [1.82, 2.24) is 0 Å². The predicted molar refractivity (Wildman–Crippen MR) is 69.6 cm³/mol. The highest BCUT2D eigenvalue weighted by Crippen LogP contribution is 2.19. The van der Waals surface area contributed by atoms with E-state index in [1.807, 2.05) is 24.3 Å². The Morgan fingerprint density at radius 1 is 1.41 bits per heavy atom. The second-order valence-electron chi connectivity index (χ2n) is 3.59. The van der Waals surface area contributed by atoms with Gasteiger partial charge in [-0.3, -0.25) is 4.79 Å². The van der Waals surface area contributed by atoms with Crippen molar-refractivity contribution >= 4 is 23.4 Å². The molecule has 1 unspecified atom stereocenters. The molecule has 0 aliphatic carbocycles. The SMILES string of the molecule is CCSc1ccc(NCC(O)CC(=O)O)cc1. The Balaban J connectivity index is 2.38. The minimum Gasteiger partial charge on any atom is -0.481 e. The molecule has 0 radical (unpaired) electrons. The summed E-state index contributed by atoms with van der Waals surface area (Å²) in [6, 6.07) is 7.84. The largest absolute Gasteiger partial charge is 0.481 e. The van der Waals surface area contributed by atoms with Gasteiger partial charge in [-0.25, -0.2) is 0 Å². The van der Waals surface area contributed by atoms with E-state index in [-0.39, 0.29) is 13.0 Å². The summed E-state index contributed by atoms with van der Waals surface area (Å²) in [6.07, 6.45) is -1.10. The number of nitrogens with one attached hydrogen (secondary N) is 1. The topological polar surface area (TPSA) is 69.6 Å². The summed E-state index contributed by atoms with van der Waals surface area (Å²) < 4.78 is 0. The molecule has 3 N–H and O–H groups in total. The van der Waals surface area contributed by atoms with Gasteiger partial charge in [-0.1, -0.05) is 6.92 Å². The summed E-state index contributed by atoms with van der Waals surface area (Å²) in [6.45, 7) is 2.34. The maximum absolute atomic E-state index is 10.3. The molecule has 1 atom stereocenters. The second kappa shape index (κ2) is 7.19. The van der Waals surface area contributed by atoms with E-state index >= 15 is 0 Å². The van der Waals surface area contributed by atoms with Crippen molar-refractivity contribution in [1.29, 1.82) is 0 Å². The quantitative estimate of drug-likeness (QED) is 0.650. The highest BCUT2D eigenvalue weighted by atomic mass is 32.2. The minimum atomic E-state index is -0.992. The van der Waals surface area contributed by atoms with Crippen molar-refractivity contribution in [2.24, 2.45) is 0 Å². The Hall–Kier alpha value is -1.20. The minimum absolute atomic E-state index is 0.239. The number of carboxylic acids is 1. The molecule has 0 amide bonds. The number of hydrogen-bond donors (Lipinski definition) is 3. The number of carbonyl (C=O) groups is 1. The van der Waals surface area contributed by atoms with Crippen molar-refractivity contribution in [3.05, 3.63) is 24.3 Å². The maximum atomic E-state index is 10.3. The van der Waals surface area contributed by atoms with Gasteiger partial charge in [0.25, 0.3) is 0 Å². The van der Waals surface area contributed by atoms with Gasteiger partial charge >= 0.3 is 5.97 Å². The van der Waals surface area contributed by atoms with E-state index in [9.17, 15) is 9.90 Å². The van der Waals surface area contributed by atoms with Crippen LogP contribution in [0.2, 0.25) is 0 Å². The zero-order valence-corrected chi connectivity index (χ0v) is 10.5. The van der Waals surface area contributed by atoms with E-state index < -0.39 is 12.1 Å². The third kappa shape index (κ3) is 5.60. The lowest BCUT2D eigenvalue weighted by Gasteiger charge is -2.11. The smallest absolute Gasteiger partial charge is 0.306 e. The molecule has 0 aliphatic rings. The lowest BCUT2D eigenvalue weighted by Crippen LogP contribution is -2.22. The summed E-state index contributed by atoms with van der Waals surface area (Å²) >= 11 is 1.76. The van der Waals surface area contributed by atoms with Gasteiger partial charge in [0.2, 0.25) is 0 Å². The average molecular weight is 255 g/mol. The van der Waals surface area contributed by atoms with Crippen molar-refractivity contribution < 1.29 is 15.0 Å². The fourth-order valence-corrected chi connectivity index (χ4v) is 2.01. The monoisotopic (exact) mass is 255 g/mol. The first-order chi connectivity index (χ1) is 8.11. The second-order valence-corrected chi connectivity index (χ2v) is 4.93. The maximum Gasteiger partial charge on any atom is 0.306 e. The first-order valence-electron chi connectivity index (χ1n) is 5.48. The summed E-state index contributed by atoms with van der Waals surface area (Å²) in [5, 5.41) is 20.9. The van der Waals surface area contributed by atoms with Crippen LogP contribution in [0.25, 0.3) is 0 Å². The lowest BCUT2D eigenvalue weighted by atomic mass is 10.2. The number of aliphatic hydroxyl groups is 1. The van der Waals surface area contributed by atoms with Crippen LogP contribution in [0, 0.1) is 0 Å². The first-order valence-corrected chi connectivity index (χ1v) is 6.47. The number of thioether (sulfide) groups is 1. The molecule has 1 aromatic rings. The molecule has 0 bridgehead atoms. The number of carboxylic acid groups (broad SMARTS) is 1. The van der Waals surface area contributed by atoms with E-state index in [1.54, 1.807) is 11.8 Å². The Kier molecular flexibility index (Phi) is 5.86. The van der Waals surface area contributed by atoms with E-state index in [2.05, 4.69) is 12.2 Å². The van der Waals surface area contributed by atoms with Gasteiger partial charge in [0, 0.05) is 17.1 Å². The third-order valence-electron chi connectivity index (χ3n) is 2.12. The van der Waals surface area contributed by atoms with E-state index in [0.717, 1.165) is 11.4 Å². The van der Waals surface area contributed by atoms with E-state index in [4.69, 9.17) is 5.11 Å². The summed E-state index contributed by atoms with van der Waals surface area (Å²) in [5.41, 5.74) is 0.884. The number of rotatable bonds is 7. The van der Waals surface area contributed by atoms with Crippen LogP contribution in [0.4, 0.5) is 5.69 Å². The van der Waals surface area contributed by atoms with Crippen LogP contribution in [0.1, 0.15) is 13.3 Å². The molecule has 0 saturated heterocycles. The molecular weight excluding hydrogens is 238 g/mol. The van der Waals surface area contributed by atoms with Crippen LogP contribution in [-0.4, -0.2) is 34.6 Å². The van der Waals surface area contributed by atoms with Gasteiger partial charge in [0.05, 0.1) is 12.5 Å². The van der Waals surface area contributed by atoms with Gasteiger partial charge in [-0.15, -0.1) is 11.8 Å². The van der Waals surface area contributed by atoms with Crippen LogP contribution in [0.3, 0.4) is 0 Å². The molecule has 1 rings (SSSR count). The number of hydrogen-bond acceptors (Lipinski definition) is 4. The summed E-state index contributed by atoms with van der Waals surface area (Å²) in [4.78, 5) is 11.5. The Morgan fingerprint density at radius 3 is 2.59 bits per heavy atom. The molecular formula is C12H17NO3S. The van der Waals surface area contributed by atoms with Gasteiger partial charge in [-0.05, 0) is 30.0 Å². The Labute approximate surface area is 105 Å². The molecule has 0 heterocycles. The van der Waals surface area contributed by atoms with Crippen LogP contribution < -0.4 is 5.32 Å². The fourth-order valence-electron chi connectivity index (χ4n) is 1.35. The fraction of sp³-hybridized carbons (Fsp3) is 0.417. The highest BCUT2D eigenvalue weighted by Gasteiger charge is 2.08. The zero-order valence-electron chi connectivity index (χ0n) is 9.72. The number of aliphatic hydroxyl groups excluding tert-OH is 1. The van der Waals surface area contributed by atoms with Crippen LogP contribution in [0.15, 0.2) is 29.2 Å². The molecule has 4 nitrogen and oxygen atoms in total. The number of anilines is 1. The molecule has 0 aromatic heterocycles. The van der Waals surface area contributed by atoms with Crippen molar-refractivity contribution in [2.45, 2.75) is 24.3 Å². The van der Waals surface area contributed by atoms with E-state index in [0.29, 0.717) is 0 Å². The molecule has 0 fully saturated rings. The molecule has 0 aliphatic heterocycles. The van der Waals surface area contributed by atoms with Crippen LogP contribution in [-0.2, 0) is 4.79 Å². The van der Waals surface area contributed by atoms with Gasteiger partial charge in [-0.2, -0.15) is 0 Å². The molecule has 0 spiro atoms. The van der Waals surface area contributed by atoms with Crippen molar-refractivity contribution in [3.8, 4) is 0 Å². The van der Waals surface area contributed by atoms with Gasteiger partial charge in [0.15, 0.2) is 0 Å². The number of benzene rings is 1. The van der Waals surface area contributed by atoms with Crippen LogP contribution in [0.5, 0.6) is 0 Å². The highest BCUT2D eigenvalue weighted by molar-refractivity contribution is 7.99. The number of aliphatic carboxylic acids is 1. The van der Waals surface area contributed by atoms with Gasteiger partial charge in [0.1, 0.15) is 0 Å². The first kappa shape index (κ1) is 13.9. The average Bonchev–Trinajstić information content (AvgIpc) is 2.28. The third-order valence-corrected chi connectivity index (χ3v) is 3.01.